The molecule has 0 radical (unpaired) electrons. The Morgan fingerprint density at radius 3 is 2.12 bits per heavy atom. The van der Waals surface area contributed by atoms with Gasteiger partial charge in [-0.25, -0.2) is 8.42 Å². The molecule has 5 heteroatoms. The molecule has 2 fully saturated rings. The summed E-state index contributed by atoms with van der Waals surface area (Å²) in [4.78, 5) is 0. The molecule has 1 aliphatic carbocycles. The summed E-state index contributed by atoms with van der Waals surface area (Å²) in [6.07, 6.45) is 6.28. The van der Waals surface area contributed by atoms with Crippen molar-refractivity contribution >= 4 is 10.0 Å². The second-order valence-electron chi connectivity index (χ2n) is 4.80. The van der Waals surface area contributed by atoms with E-state index in [-0.39, 0.29) is 5.75 Å². The fraction of sp³-hybridized carbons (Fsp3) is 0.909. The van der Waals surface area contributed by atoms with Crippen LogP contribution in [0, 0.1) is 11.3 Å². The molecule has 0 atom stereocenters. The third-order valence-electron chi connectivity index (χ3n) is 3.72. The van der Waals surface area contributed by atoms with Gasteiger partial charge in [-0.05, 0) is 19.3 Å². The van der Waals surface area contributed by atoms with Gasteiger partial charge in [0.1, 0.15) is 5.54 Å². The van der Waals surface area contributed by atoms with Gasteiger partial charge in [0.15, 0.2) is 0 Å². The Balaban J connectivity index is 2.30. The van der Waals surface area contributed by atoms with Crippen LogP contribution in [0.5, 0.6) is 0 Å². The monoisotopic (exact) mass is 242 g/mol. The van der Waals surface area contributed by atoms with Crippen LogP contribution in [-0.2, 0) is 10.0 Å². The van der Waals surface area contributed by atoms with Gasteiger partial charge in [-0.15, -0.1) is 0 Å². The van der Waals surface area contributed by atoms with Gasteiger partial charge >= 0.3 is 0 Å². The van der Waals surface area contributed by atoms with Crippen molar-refractivity contribution in [3.63, 3.8) is 0 Å². The molecule has 0 bridgehead atoms. The number of hydrogen-bond acceptors (Lipinski definition) is 3. The molecule has 1 saturated heterocycles. The maximum Gasteiger partial charge on any atom is 0.215 e. The van der Waals surface area contributed by atoms with E-state index in [4.69, 9.17) is 0 Å². The van der Waals surface area contributed by atoms with Crippen molar-refractivity contribution in [1.29, 1.82) is 5.26 Å². The van der Waals surface area contributed by atoms with E-state index in [0.717, 1.165) is 25.7 Å². The summed E-state index contributed by atoms with van der Waals surface area (Å²) in [7, 11) is -3.16. The fourth-order valence-electron chi connectivity index (χ4n) is 2.85. The summed E-state index contributed by atoms with van der Waals surface area (Å²) in [6, 6.07) is 2.30. The van der Waals surface area contributed by atoms with Crippen LogP contribution in [0.15, 0.2) is 0 Å². The largest absolute Gasteiger partial charge is 0.215 e. The zero-order chi connectivity index (χ0) is 11.6. The quantitative estimate of drug-likeness (QED) is 0.657. The predicted molar refractivity (Wildman–Crippen MR) is 61.2 cm³/mol. The van der Waals surface area contributed by atoms with Crippen LogP contribution in [0.2, 0.25) is 0 Å². The van der Waals surface area contributed by atoms with E-state index in [0.29, 0.717) is 25.8 Å². The number of nitrogens with zero attached hydrogens (tertiary/aromatic N) is 2. The third kappa shape index (κ3) is 1.96. The normalized spacial score (nSPS) is 29.4. The molecule has 0 amide bonds. The van der Waals surface area contributed by atoms with Crippen molar-refractivity contribution < 1.29 is 8.42 Å². The summed E-state index contributed by atoms with van der Waals surface area (Å²) >= 11 is 0. The molecule has 2 rings (SSSR count). The Morgan fingerprint density at radius 2 is 1.69 bits per heavy atom. The van der Waals surface area contributed by atoms with E-state index in [1.165, 1.54) is 4.31 Å². The van der Waals surface area contributed by atoms with Crippen molar-refractivity contribution in [2.24, 2.45) is 0 Å². The lowest BCUT2D eigenvalue weighted by Gasteiger charge is -2.33. The average molecular weight is 242 g/mol. The van der Waals surface area contributed by atoms with Gasteiger partial charge in [0, 0.05) is 6.54 Å². The van der Waals surface area contributed by atoms with E-state index in [1.54, 1.807) is 0 Å². The molecule has 0 unspecified atom stereocenters. The molecule has 4 nitrogen and oxygen atoms in total. The van der Waals surface area contributed by atoms with Gasteiger partial charge in [-0.2, -0.15) is 9.57 Å². The van der Waals surface area contributed by atoms with Crippen LogP contribution in [0.4, 0.5) is 0 Å². The third-order valence-corrected chi connectivity index (χ3v) is 5.72. The highest BCUT2D eigenvalue weighted by Gasteiger charge is 2.46. The fourth-order valence-corrected chi connectivity index (χ4v) is 4.73. The summed E-state index contributed by atoms with van der Waals surface area (Å²) < 4.78 is 25.3. The zero-order valence-electron chi connectivity index (χ0n) is 9.48. The minimum atomic E-state index is -3.16. The molecule has 2 aliphatic rings. The van der Waals surface area contributed by atoms with Gasteiger partial charge < -0.3 is 0 Å². The highest BCUT2D eigenvalue weighted by atomic mass is 32.2. The highest BCUT2D eigenvalue weighted by molar-refractivity contribution is 7.89. The SMILES string of the molecule is N#CC1(N2CCCS2(=O)=O)CCCCCC1. The smallest absolute Gasteiger partial charge is 0.212 e. The minimum absolute atomic E-state index is 0.219. The molecule has 0 spiro atoms. The van der Waals surface area contributed by atoms with Gasteiger partial charge in [-0.1, -0.05) is 25.7 Å². The summed E-state index contributed by atoms with van der Waals surface area (Å²) in [5.41, 5.74) is -0.730. The first kappa shape index (κ1) is 11.9. The standard InChI is InChI=1S/C11H18N2O2S/c12-10-11(6-3-1-2-4-7-11)13-8-5-9-16(13,14)15/h1-9H2. The van der Waals surface area contributed by atoms with E-state index >= 15 is 0 Å². The average Bonchev–Trinajstić information content (AvgIpc) is 2.51. The summed E-state index contributed by atoms with van der Waals surface area (Å²) in [6.45, 7) is 0.538. The predicted octanol–water partition coefficient (Wildman–Crippen LogP) is 1.64. The van der Waals surface area contributed by atoms with Crippen LogP contribution in [0.1, 0.15) is 44.9 Å². The Kier molecular flexibility index (Phi) is 3.22. The van der Waals surface area contributed by atoms with E-state index in [1.807, 2.05) is 0 Å². The lowest BCUT2D eigenvalue weighted by molar-refractivity contribution is 0.235. The molecule has 0 aromatic heterocycles. The Bertz CT molecular complexity index is 389. The van der Waals surface area contributed by atoms with E-state index in [9.17, 15) is 13.7 Å². The minimum Gasteiger partial charge on any atom is -0.212 e. The molecule has 0 aromatic carbocycles. The molecule has 16 heavy (non-hydrogen) atoms. The Labute approximate surface area is 97.3 Å². The van der Waals surface area contributed by atoms with Crippen LogP contribution in [0.25, 0.3) is 0 Å². The first-order valence-corrected chi connectivity index (χ1v) is 7.63. The molecule has 1 aliphatic heterocycles. The topological polar surface area (TPSA) is 61.2 Å². The highest BCUT2D eigenvalue weighted by Crippen LogP contribution is 2.36. The molecular weight excluding hydrogens is 224 g/mol. The molecule has 0 N–H and O–H groups in total. The lowest BCUT2D eigenvalue weighted by atomic mass is 9.92. The summed E-state index contributed by atoms with van der Waals surface area (Å²) in [5, 5.41) is 9.40. The van der Waals surface area contributed by atoms with E-state index in [2.05, 4.69) is 6.07 Å². The molecular formula is C11H18N2O2S. The van der Waals surface area contributed by atoms with Crippen LogP contribution >= 0.6 is 0 Å². The molecule has 90 valence electrons. The summed E-state index contributed by atoms with van der Waals surface area (Å²) in [5.74, 6) is 0.219. The molecule has 1 saturated carbocycles. The van der Waals surface area contributed by atoms with Gasteiger partial charge in [0.2, 0.25) is 10.0 Å². The van der Waals surface area contributed by atoms with Gasteiger partial charge in [0.05, 0.1) is 11.8 Å². The molecule has 1 heterocycles. The maximum atomic E-state index is 11.9. The number of rotatable bonds is 1. The van der Waals surface area contributed by atoms with Crippen molar-refractivity contribution in [1.82, 2.24) is 4.31 Å². The Hall–Kier alpha value is -0.600. The van der Waals surface area contributed by atoms with Crippen molar-refractivity contribution in [3.8, 4) is 6.07 Å². The van der Waals surface area contributed by atoms with E-state index < -0.39 is 15.6 Å². The number of hydrogen-bond donors (Lipinski definition) is 0. The van der Waals surface area contributed by atoms with Crippen LogP contribution in [0.3, 0.4) is 0 Å². The van der Waals surface area contributed by atoms with Crippen LogP contribution < -0.4 is 0 Å². The lowest BCUT2D eigenvalue weighted by Crippen LogP contribution is -2.48. The Morgan fingerprint density at radius 1 is 1.06 bits per heavy atom. The van der Waals surface area contributed by atoms with Crippen molar-refractivity contribution in [3.05, 3.63) is 0 Å². The molecule has 0 aromatic rings. The van der Waals surface area contributed by atoms with Crippen LogP contribution in [-0.4, -0.2) is 30.6 Å². The van der Waals surface area contributed by atoms with Gasteiger partial charge in [0.25, 0.3) is 0 Å². The van der Waals surface area contributed by atoms with Gasteiger partial charge in [-0.3, -0.25) is 0 Å². The van der Waals surface area contributed by atoms with Crippen molar-refractivity contribution in [2.75, 3.05) is 12.3 Å². The second-order valence-corrected chi connectivity index (χ2v) is 6.81. The number of sulfonamides is 1. The maximum absolute atomic E-state index is 11.9. The van der Waals surface area contributed by atoms with Crippen molar-refractivity contribution in [2.45, 2.75) is 50.5 Å². The first-order valence-electron chi connectivity index (χ1n) is 6.03. The zero-order valence-corrected chi connectivity index (χ0v) is 10.3. The second kappa shape index (κ2) is 4.34. The first-order chi connectivity index (χ1) is 7.61. The number of nitriles is 1.